The van der Waals surface area contributed by atoms with Crippen LogP contribution in [0.1, 0.15) is 5.56 Å². The van der Waals surface area contributed by atoms with Crippen molar-refractivity contribution in [1.82, 2.24) is 5.43 Å². The first-order valence-corrected chi connectivity index (χ1v) is 6.71. The van der Waals surface area contributed by atoms with E-state index in [-0.39, 0.29) is 5.11 Å². The number of nitrogens with two attached hydrogens (primary N) is 1. The van der Waals surface area contributed by atoms with Crippen LogP contribution in [0.3, 0.4) is 0 Å². The Labute approximate surface area is 123 Å². The summed E-state index contributed by atoms with van der Waals surface area (Å²) in [5.74, 6) is 0.752. The molecule has 0 amide bonds. The van der Waals surface area contributed by atoms with Gasteiger partial charge in [-0.05, 0) is 24.4 Å². The van der Waals surface area contributed by atoms with E-state index in [1.807, 2.05) is 18.2 Å². The highest BCUT2D eigenvalue weighted by Gasteiger charge is 2.12. The smallest absolute Gasteiger partial charge is 0.184 e. The lowest BCUT2D eigenvalue weighted by atomic mass is 10.1. The maximum absolute atomic E-state index is 5.39. The Balaban J connectivity index is 2.14. The summed E-state index contributed by atoms with van der Waals surface area (Å²) in [4.78, 5) is 2.26. The number of anilines is 1. The summed E-state index contributed by atoms with van der Waals surface area (Å²) in [5.41, 5.74) is 9.80. The van der Waals surface area contributed by atoms with E-state index >= 15 is 0 Å². The lowest BCUT2D eigenvalue weighted by Crippen LogP contribution is -2.36. The van der Waals surface area contributed by atoms with Crippen LogP contribution < -0.4 is 20.8 Å². The average Bonchev–Trinajstić information content (AvgIpc) is 2.48. The molecule has 1 aromatic rings. The van der Waals surface area contributed by atoms with Crippen LogP contribution in [-0.4, -0.2) is 44.7 Å². The summed E-state index contributed by atoms with van der Waals surface area (Å²) in [6.45, 7) is 3.28. The van der Waals surface area contributed by atoms with Gasteiger partial charge >= 0.3 is 0 Å². The molecule has 0 saturated carbocycles. The molecule has 1 fully saturated rings. The van der Waals surface area contributed by atoms with Gasteiger partial charge in [-0.15, -0.1) is 0 Å². The number of nitrogens with one attached hydrogen (secondary N) is 1. The van der Waals surface area contributed by atoms with Crippen LogP contribution in [0, 0.1) is 0 Å². The Hall–Kier alpha value is -1.86. The molecule has 0 unspecified atom stereocenters. The highest BCUT2D eigenvalue weighted by molar-refractivity contribution is 7.80. The van der Waals surface area contributed by atoms with Gasteiger partial charge in [0, 0.05) is 30.4 Å². The number of rotatable bonds is 4. The lowest BCUT2D eigenvalue weighted by molar-refractivity contribution is 0.122. The number of nitrogens with zero attached hydrogens (tertiary/aromatic N) is 2. The van der Waals surface area contributed by atoms with E-state index in [2.05, 4.69) is 27.6 Å². The summed E-state index contributed by atoms with van der Waals surface area (Å²) in [6.07, 6.45) is 1.63. The zero-order valence-corrected chi connectivity index (χ0v) is 12.2. The van der Waals surface area contributed by atoms with Gasteiger partial charge in [-0.25, -0.2) is 0 Å². The van der Waals surface area contributed by atoms with E-state index < -0.39 is 0 Å². The van der Waals surface area contributed by atoms with Gasteiger partial charge in [0.25, 0.3) is 0 Å². The number of methoxy groups -OCH3 is 1. The van der Waals surface area contributed by atoms with Crippen LogP contribution in [-0.2, 0) is 4.74 Å². The molecule has 7 heteroatoms. The second-order valence-corrected chi connectivity index (χ2v) is 4.70. The Morgan fingerprint density at radius 3 is 2.90 bits per heavy atom. The van der Waals surface area contributed by atoms with Crippen molar-refractivity contribution in [3.8, 4) is 5.75 Å². The number of hydrogen-bond acceptors (Lipinski definition) is 5. The number of benzene rings is 1. The van der Waals surface area contributed by atoms with Gasteiger partial charge in [0.15, 0.2) is 5.11 Å². The fraction of sp³-hybridized carbons (Fsp3) is 0.385. The molecule has 3 N–H and O–H groups in total. The minimum Gasteiger partial charge on any atom is -0.496 e. The van der Waals surface area contributed by atoms with Crippen molar-refractivity contribution < 1.29 is 9.47 Å². The van der Waals surface area contributed by atoms with Gasteiger partial charge in [-0.1, -0.05) is 0 Å². The number of hydrogen-bond donors (Lipinski definition) is 2. The third-order valence-corrected chi connectivity index (χ3v) is 3.06. The molecule has 1 heterocycles. The summed E-state index contributed by atoms with van der Waals surface area (Å²) in [7, 11) is 1.64. The Kier molecular flexibility index (Phi) is 5.14. The van der Waals surface area contributed by atoms with Crippen molar-refractivity contribution in [3.05, 3.63) is 23.8 Å². The van der Waals surface area contributed by atoms with Gasteiger partial charge in [0.1, 0.15) is 5.75 Å². The highest BCUT2D eigenvalue weighted by atomic mass is 32.1. The normalized spacial score (nSPS) is 15.3. The third-order valence-electron chi connectivity index (χ3n) is 2.97. The standard InChI is InChI=1S/C13H18N4O2S/c1-18-12-8-11(17-4-6-19-7-5-17)3-2-10(12)9-15-16-13(14)20/h2-3,8-9H,4-7H2,1H3,(H3,14,16,20)/b15-9+. The van der Waals surface area contributed by atoms with Gasteiger partial charge in [-0.3, -0.25) is 5.43 Å². The highest BCUT2D eigenvalue weighted by Crippen LogP contribution is 2.25. The maximum Gasteiger partial charge on any atom is 0.184 e. The zero-order valence-electron chi connectivity index (χ0n) is 11.3. The first kappa shape index (κ1) is 14.5. The predicted molar refractivity (Wildman–Crippen MR) is 83.5 cm³/mol. The van der Waals surface area contributed by atoms with Crippen LogP contribution in [0.5, 0.6) is 5.75 Å². The monoisotopic (exact) mass is 294 g/mol. The molecule has 0 spiro atoms. The van der Waals surface area contributed by atoms with E-state index in [0.29, 0.717) is 0 Å². The topological polar surface area (TPSA) is 72.1 Å². The van der Waals surface area contributed by atoms with Crippen molar-refractivity contribution in [2.45, 2.75) is 0 Å². The predicted octanol–water partition coefficient (Wildman–Crippen LogP) is 0.699. The second kappa shape index (κ2) is 7.06. The SMILES string of the molecule is COc1cc(N2CCOCC2)ccc1/C=N/NC(N)=S. The molecule has 1 aliphatic heterocycles. The van der Waals surface area contributed by atoms with E-state index in [9.17, 15) is 0 Å². The molecule has 0 aliphatic carbocycles. The first-order valence-electron chi connectivity index (χ1n) is 6.30. The molecule has 108 valence electrons. The van der Waals surface area contributed by atoms with Crippen LogP contribution >= 0.6 is 12.2 Å². The van der Waals surface area contributed by atoms with Gasteiger partial charge < -0.3 is 20.1 Å². The summed E-state index contributed by atoms with van der Waals surface area (Å²) in [6, 6.07) is 5.98. The van der Waals surface area contributed by atoms with Crippen molar-refractivity contribution in [2.75, 3.05) is 38.3 Å². The van der Waals surface area contributed by atoms with Crippen molar-refractivity contribution in [3.63, 3.8) is 0 Å². The average molecular weight is 294 g/mol. The molecule has 2 rings (SSSR count). The number of thiocarbonyl (C=S) groups is 1. The largest absolute Gasteiger partial charge is 0.496 e. The van der Waals surface area contributed by atoms with Crippen molar-refractivity contribution in [2.24, 2.45) is 10.8 Å². The molecule has 1 aliphatic rings. The molecule has 0 radical (unpaired) electrons. The minimum absolute atomic E-state index is 0.130. The Morgan fingerprint density at radius 2 is 2.25 bits per heavy atom. The molecule has 0 atom stereocenters. The van der Waals surface area contributed by atoms with E-state index in [1.54, 1.807) is 13.3 Å². The molecule has 0 bridgehead atoms. The third kappa shape index (κ3) is 3.82. The van der Waals surface area contributed by atoms with Crippen molar-refractivity contribution >= 4 is 29.2 Å². The van der Waals surface area contributed by atoms with Gasteiger partial charge in [-0.2, -0.15) is 5.10 Å². The first-order chi connectivity index (χ1) is 9.70. The van der Waals surface area contributed by atoms with Gasteiger partial charge in [0.05, 0.1) is 26.5 Å². The summed E-state index contributed by atoms with van der Waals surface area (Å²) < 4.78 is 10.7. The zero-order chi connectivity index (χ0) is 14.4. The van der Waals surface area contributed by atoms with E-state index in [4.69, 9.17) is 15.2 Å². The van der Waals surface area contributed by atoms with Crippen LogP contribution in [0.25, 0.3) is 0 Å². The molecule has 0 aromatic heterocycles. The quantitative estimate of drug-likeness (QED) is 0.484. The molecule has 6 nitrogen and oxygen atoms in total. The Morgan fingerprint density at radius 1 is 1.50 bits per heavy atom. The van der Waals surface area contributed by atoms with E-state index in [1.165, 1.54) is 0 Å². The van der Waals surface area contributed by atoms with Crippen LogP contribution in [0.2, 0.25) is 0 Å². The second-order valence-electron chi connectivity index (χ2n) is 4.26. The number of hydrazone groups is 1. The maximum atomic E-state index is 5.39. The van der Waals surface area contributed by atoms with Crippen molar-refractivity contribution in [1.29, 1.82) is 0 Å². The summed E-state index contributed by atoms with van der Waals surface area (Å²) in [5, 5.41) is 4.07. The van der Waals surface area contributed by atoms with Crippen LogP contribution in [0.15, 0.2) is 23.3 Å². The fourth-order valence-corrected chi connectivity index (χ4v) is 2.04. The summed E-state index contributed by atoms with van der Waals surface area (Å²) >= 11 is 4.68. The molecule has 1 aromatic carbocycles. The number of morpholine rings is 1. The van der Waals surface area contributed by atoms with E-state index in [0.717, 1.165) is 43.3 Å². The molecule has 20 heavy (non-hydrogen) atoms. The molecule has 1 saturated heterocycles. The lowest BCUT2D eigenvalue weighted by Gasteiger charge is -2.29. The molecular weight excluding hydrogens is 276 g/mol. The molecular formula is C13H18N4O2S. The minimum atomic E-state index is 0.130. The Bertz CT molecular complexity index is 501. The van der Waals surface area contributed by atoms with Gasteiger partial charge in [0.2, 0.25) is 0 Å². The number of ether oxygens (including phenoxy) is 2. The van der Waals surface area contributed by atoms with Crippen LogP contribution in [0.4, 0.5) is 5.69 Å². The fourth-order valence-electron chi connectivity index (χ4n) is 1.99.